The molecule has 0 radical (unpaired) electrons. The summed E-state index contributed by atoms with van der Waals surface area (Å²) in [5.74, 6) is 0. The summed E-state index contributed by atoms with van der Waals surface area (Å²) in [5, 5.41) is 18.0. The first-order valence-corrected chi connectivity index (χ1v) is 7.11. The molecule has 1 fully saturated rings. The van der Waals surface area contributed by atoms with Gasteiger partial charge in [0, 0.05) is 18.6 Å². The van der Waals surface area contributed by atoms with Gasteiger partial charge in [0.1, 0.15) is 6.07 Å². The van der Waals surface area contributed by atoms with Crippen LogP contribution in [0.2, 0.25) is 0 Å². The molecule has 6 heteroatoms. The van der Waals surface area contributed by atoms with Crippen molar-refractivity contribution in [1.29, 1.82) is 5.26 Å². The molecule has 1 aliphatic carbocycles. The van der Waals surface area contributed by atoms with Crippen molar-refractivity contribution < 1.29 is 13.5 Å². The van der Waals surface area contributed by atoms with E-state index in [1.165, 1.54) is 12.1 Å². The number of sulfonamides is 1. The van der Waals surface area contributed by atoms with Crippen molar-refractivity contribution in [3.05, 3.63) is 29.8 Å². The number of nitriles is 1. The highest BCUT2D eigenvalue weighted by molar-refractivity contribution is 7.89. The first-order chi connectivity index (χ1) is 8.53. The lowest BCUT2D eigenvalue weighted by atomic mass is 10.1. The molecular weight excluding hydrogens is 252 g/mol. The van der Waals surface area contributed by atoms with Crippen LogP contribution in [0.1, 0.15) is 18.4 Å². The van der Waals surface area contributed by atoms with Gasteiger partial charge < -0.3 is 5.11 Å². The highest BCUT2D eigenvalue weighted by atomic mass is 32.2. The molecule has 96 valence electrons. The first kappa shape index (κ1) is 13.0. The summed E-state index contributed by atoms with van der Waals surface area (Å²) in [4.78, 5) is -0.0127. The maximum Gasteiger partial charge on any atom is 0.241 e. The van der Waals surface area contributed by atoms with Crippen molar-refractivity contribution in [1.82, 2.24) is 4.72 Å². The Morgan fingerprint density at radius 2 is 2.06 bits per heavy atom. The summed E-state index contributed by atoms with van der Waals surface area (Å²) < 4.78 is 26.6. The Morgan fingerprint density at radius 3 is 2.61 bits per heavy atom. The topological polar surface area (TPSA) is 90.2 Å². The van der Waals surface area contributed by atoms with E-state index in [0.717, 1.165) is 12.8 Å². The minimum absolute atomic E-state index is 0.0127. The van der Waals surface area contributed by atoms with Crippen LogP contribution in [0.5, 0.6) is 0 Å². The summed E-state index contributed by atoms with van der Waals surface area (Å²) in [5.41, 5.74) is -0.173. The highest BCUT2D eigenvalue weighted by Crippen LogP contribution is 2.44. The van der Waals surface area contributed by atoms with E-state index < -0.39 is 10.0 Å². The Morgan fingerprint density at radius 1 is 1.39 bits per heavy atom. The molecule has 18 heavy (non-hydrogen) atoms. The molecule has 5 nitrogen and oxygen atoms in total. The van der Waals surface area contributed by atoms with Crippen molar-refractivity contribution in [3.8, 4) is 6.07 Å². The summed E-state index contributed by atoms with van der Waals surface area (Å²) >= 11 is 0. The molecule has 0 amide bonds. The van der Waals surface area contributed by atoms with Gasteiger partial charge in [-0.15, -0.1) is 0 Å². The van der Waals surface area contributed by atoms with Crippen LogP contribution >= 0.6 is 0 Å². The number of nitrogens with zero attached hydrogens (tertiary/aromatic N) is 1. The third-order valence-corrected chi connectivity index (χ3v) is 4.69. The lowest BCUT2D eigenvalue weighted by molar-refractivity contribution is 0.213. The van der Waals surface area contributed by atoms with E-state index in [1.54, 1.807) is 12.1 Å². The minimum atomic E-state index is -3.69. The molecule has 0 bridgehead atoms. The predicted molar refractivity (Wildman–Crippen MR) is 65.1 cm³/mol. The van der Waals surface area contributed by atoms with Crippen LogP contribution in [0.15, 0.2) is 29.2 Å². The number of hydrogen-bond acceptors (Lipinski definition) is 4. The van der Waals surface area contributed by atoms with Gasteiger partial charge in [0.05, 0.1) is 10.5 Å². The average molecular weight is 266 g/mol. The summed E-state index contributed by atoms with van der Waals surface area (Å²) in [6.07, 6.45) is 1.65. The largest absolute Gasteiger partial charge is 0.396 e. The fourth-order valence-electron chi connectivity index (χ4n) is 1.69. The second kappa shape index (κ2) is 4.69. The minimum Gasteiger partial charge on any atom is -0.396 e. The fraction of sp³-hybridized carbons (Fsp3) is 0.417. The van der Waals surface area contributed by atoms with Crippen LogP contribution in [0.3, 0.4) is 0 Å². The highest BCUT2D eigenvalue weighted by Gasteiger charge is 2.42. The SMILES string of the molecule is N#Cc1ccccc1S(=O)(=O)NCC1(CO)CC1. The summed E-state index contributed by atoms with van der Waals surface area (Å²) in [6, 6.07) is 7.92. The normalized spacial score (nSPS) is 17.1. The molecule has 0 aromatic heterocycles. The second-order valence-corrected chi connectivity index (χ2v) is 6.33. The number of aliphatic hydroxyl groups excluding tert-OH is 1. The number of benzene rings is 1. The predicted octanol–water partition coefficient (Wildman–Crippen LogP) is 0.609. The van der Waals surface area contributed by atoms with Gasteiger partial charge in [-0.05, 0) is 25.0 Å². The van der Waals surface area contributed by atoms with E-state index in [1.807, 2.05) is 6.07 Å². The zero-order chi connectivity index (χ0) is 13.2. The number of nitrogens with one attached hydrogen (secondary N) is 1. The number of aliphatic hydroxyl groups is 1. The van der Waals surface area contributed by atoms with Gasteiger partial charge in [0.15, 0.2) is 0 Å². The van der Waals surface area contributed by atoms with Crippen molar-refractivity contribution in [3.63, 3.8) is 0 Å². The lowest BCUT2D eigenvalue weighted by Gasteiger charge is -2.13. The van der Waals surface area contributed by atoms with Crippen LogP contribution in [-0.4, -0.2) is 26.7 Å². The third kappa shape index (κ3) is 2.53. The molecule has 2 rings (SSSR count). The average Bonchev–Trinajstić information content (AvgIpc) is 3.17. The van der Waals surface area contributed by atoms with E-state index in [-0.39, 0.29) is 29.0 Å². The monoisotopic (exact) mass is 266 g/mol. The number of hydrogen-bond donors (Lipinski definition) is 2. The van der Waals surface area contributed by atoms with Gasteiger partial charge in [-0.3, -0.25) is 0 Å². The smallest absolute Gasteiger partial charge is 0.241 e. The molecular formula is C12H14N2O3S. The van der Waals surface area contributed by atoms with Crippen LogP contribution < -0.4 is 4.72 Å². The maximum atomic E-state index is 12.1. The van der Waals surface area contributed by atoms with Crippen molar-refractivity contribution >= 4 is 10.0 Å². The van der Waals surface area contributed by atoms with Gasteiger partial charge in [-0.2, -0.15) is 5.26 Å². The Kier molecular flexibility index (Phi) is 3.39. The first-order valence-electron chi connectivity index (χ1n) is 5.63. The van der Waals surface area contributed by atoms with Gasteiger partial charge in [-0.25, -0.2) is 13.1 Å². The second-order valence-electron chi connectivity index (χ2n) is 4.59. The molecule has 1 aliphatic rings. The molecule has 1 aromatic rings. The third-order valence-electron chi connectivity index (χ3n) is 3.23. The molecule has 1 aromatic carbocycles. The van der Waals surface area contributed by atoms with E-state index in [4.69, 9.17) is 10.4 Å². The van der Waals surface area contributed by atoms with Crippen LogP contribution in [0, 0.1) is 16.7 Å². The lowest BCUT2D eigenvalue weighted by Crippen LogP contribution is -2.32. The van der Waals surface area contributed by atoms with Crippen LogP contribution in [-0.2, 0) is 10.0 Å². The van der Waals surface area contributed by atoms with E-state index in [0.29, 0.717) is 0 Å². The van der Waals surface area contributed by atoms with Crippen molar-refractivity contribution in [2.45, 2.75) is 17.7 Å². The molecule has 0 spiro atoms. The molecule has 2 N–H and O–H groups in total. The zero-order valence-corrected chi connectivity index (χ0v) is 10.6. The molecule has 0 unspecified atom stereocenters. The molecule has 0 aliphatic heterocycles. The van der Waals surface area contributed by atoms with E-state index in [2.05, 4.69) is 4.72 Å². The Hall–Kier alpha value is -1.42. The standard InChI is InChI=1S/C12H14N2O3S/c13-7-10-3-1-2-4-11(10)18(16,17)14-8-12(9-15)5-6-12/h1-4,14-15H,5-6,8-9H2. The van der Waals surface area contributed by atoms with Gasteiger partial charge in [0.2, 0.25) is 10.0 Å². The molecule has 0 saturated heterocycles. The molecule has 0 heterocycles. The quantitative estimate of drug-likeness (QED) is 0.817. The van der Waals surface area contributed by atoms with Crippen molar-refractivity contribution in [2.75, 3.05) is 13.2 Å². The van der Waals surface area contributed by atoms with E-state index >= 15 is 0 Å². The van der Waals surface area contributed by atoms with Gasteiger partial charge >= 0.3 is 0 Å². The van der Waals surface area contributed by atoms with Crippen LogP contribution in [0.4, 0.5) is 0 Å². The van der Waals surface area contributed by atoms with Gasteiger partial charge in [-0.1, -0.05) is 12.1 Å². The molecule has 0 atom stereocenters. The van der Waals surface area contributed by atoms with Gasteiger partial charge in [0.25, 0.3) is 0 Å². The van der Waals surface area contributed by atoms with Crippen LogP contribution in [0.25, 0.3) is 0 Å². The Balaban J connectivity index is 2.19. The van der Waals surface area contributed by atoms with Crippen molar-refractivity contribution in [2.24, 2.45) is 5.41 Å². The molecule has 1 saturated carbocycles. The number of rotatable bonds is 5. The maximum absolute atomic E-state index is 12.1. The fourth-order valence-corrected chi connectivity index (χ4v) is 3.00. The van der Waals surface area contributed by atoms with E-state index in [9.17, 15) is 8.42 Å². The Bertz CT molecular complexity index is 586. The summed E-state index contributed by atoms with van der Waals surface area (Å²) in [6.45, 7) is 0.195. The summed E-state index contributed by atoms with van der Waals surface area (Å²) in [7, 11) is -3.69. The Labute approximate surface area is 106 Å². The zero-order valence-electron chi connectivity index (χ0n) is 9.76.